The molecule has 0 aromatic carbocycles. The molecule has 3 heterocycles. The van der Waals surface area contributed by atoms with Crippen LogP contribution in [0.1, 0.15) is 18.5 Å². The molecular formula is C13H20N6S. The van der Waals surface area contributed by atoms with Crippen LogP contribution in [0.5, 0.6) is 0 Å². The van der Waals surface area contributed by atoms with Gasteiger partial charge in [-0.2, -0.15) is 4.98 Å². The molecule has 0 radical (unpaired) electrons. The summed E-state index contributed by atoms with van der Waals surface area (Å²) in [5, 5.41) is 10.7. The number of nitrogens with one attached hydrogen (secondary N) is 2. The Bertz CT molecular complexity index is 555. The summed E-state index contributed by atoms with van der Waals surface area (Å²) in [6.45, 7) is 5.17. The zero-order valence-electron chi connectivity index (χ0n) is 11.9. The molecule has 2 N–H and O–H groups in total. The van der Waals surface area contributed by atoms with E-state index < -0.39 is 0 Å². The fourth-order valence-electron chi connectivity index (χ4n) is 2.65. The van der Waals surface area contributed by atoms with Crippen molar-refractivity contribution in [3.05, 3.63) is 11.2 Å². The van der Waals surface area contributed by atoms with Gasteiger partial charge in [-0.15, -0.1) is 16.4 Å². The van der Waals surface area contributed by atoms with Crippen molar-refractivity contribution in [2.75, 3.05) is 31.6 Å². The first-order chi connectivity index (χ1) is 9.78. The van der Waals surface area contributed by atoms with Gasteiger partial charge in [-0.25, -0.2) is 4.98 Å². The number of hydrogen-bond acceptors (Lipinski definition) is 6. The maximum absolute atomic E-state index is 4.62. The van der Waals surface area contributed by atoms with Crippen LogP contribution in [0.2, 0.25) is 0 Å². The summed E-state index contributed by atoms with van der Waals surface area (Å²) in [6.07, 6.45) is 2.40. The molecule has 0 amide bonds. The number of piperidine rings is 1. The second-order valence-corrected chi connectivity index (χ2v) is 6.09. The molecule has 0 atom stereocenters. The Balaban J connectivity index is 1.68. The molecule has 0 unspecified atom stereocenters. The minimum atomic E-state index is 0.776. The largest absolute Gasteiger partial charge is 0.340 e. The number of H-pyrrole nitrogens is 1. The highest BCUT2D eigenvalue weighted by Crippen LogP contribution is 2.26. The molecule has 7 heteroatoms. The lowest BCUT2D eigenvalue weighted by molar-refractivity contribution is 0.391. The Morgan fingerprint density at radius 1 is 1.45 bits per heavy atom. The van der Waals surface area contributed by atoms with Gasteiger partial charge >= 0.3 is 0 Å². The van der Waals surface area contributed by atoms with Gasteiger partial charge in [0.25, 0.3) is 0 Å². The average Bonchev–Trinajstić information content (AvgIpc) is 3.08. The molecule has 1 aliphatic heterocycles. The second-order valence-electron chi connectivity index (χ2n) is 5.24. The van der Waals surface area contributed by atoms with Crippen LogP contribution in [0.3, 0.4) is 0 Å². The first-order valence-corrected chi connectivity index (χ1v) is 7.88. The van der Waals surface area contributed by atoms with E-state index in [0.717, 1.165) is 47.9 Å². The minimum absolute atomic E-state index is 0.776. The summed E-state index contributed by atoms with van der Waals surface area (Å²) in [5.74, 6) is 2.42. The van der Waals surface area contributed by atoms with Gasteiger partial charge in [0, 0.05) is 13.1 Å². The maximum atomic E-state index is 4.62. The van der Waals surface area contributed by atoms with Crippen LogP contribution in [0.25, 0.3) is 10.7 Å². The molecule has 0 aliphatic carbocycles. The number of aromatic amines is 1. The van der Waals surface area contributed by atoms with E-state index in [0.29, 0.717) is 0 Å². The lowest BCUT2D eigenvalue weighted by atomic mass is 9.97. The number of rotatable bonds is 4. The van der Waals surface area contributed by atoms with Gasteiger partial charge in [-0.3, -0.25) is 5.10 Å². The van der Waals surface area contributed by atoms with Crippen molar-refractivity contribution in [3.63, 3.8) is 0 Å². The number of anilines is 1. The fourth-order valence-corrected chi connectivity index (χ4v) is 3.39. The van der Waals surface area contributed by atoms with E-state index in [4.69, 9.17) is 0 Å². The third-order valence-corrected chi connectivity index (χ3v) is 4.76. The number of nitrogens with zero attached hydrogens (tertiary/aromatic N) is 4. The zero-order chi connectivity index (χ0) is 13.9. The summed E-state index contributed by atoms with van der Waals surface area (Å²) < 4.78 is 0. The number of aromatic nitrogens is 4. The van der Waals surface area contributed by atoms with Crippen molar-refractivity contribution in [3.8, 4) is 10.7 Å². The topological polar surface area (TPSA) is 69.7 Å². The van der Waals surface area contributed by atoms with E-state index in [2.05, 4.69) is 30.4 Å². The smallest absolute Gasteiger partial charge is 0.245 e. The van der Waals surface area contributed by atoms with E-state index in [1.165, 1.54) is 12.8 Å². The van der Waals surface area contributed by atoms with Crippen LogP contribution in [0, 0.1) is 12.8 Å². The lowest BCUT2D eigenvalue weighted by Crippen LogP contribution is -2.37. The average molecular weight is 292 g/mol. The molecule has 2 aromatic rings. The molecule has 0 saturated carbocycles. The molecule has 0 bridgehead atoms. The Morgan fingerprint density at radius 2 is 2.25 bits per heavy atom. The summed E-state index contributed by atoms with van der Waals surface area (Å²) >= 11 is 1.60. The van der Waals surface area contributed by atoms with Crippen molar-refractivity contribution in [1.82, 2.24) is 25.5 Å². The predicted octanol–water partition coefficient (Wildman–Crippen LogP) is 1.67. The van der Waals surface area contributed by atoms with Gasteiger partial charge in [0.1, 0.15) is 0 Å². The standard InChI is InChI=1S/C13H20N6S/c1-9-11(20-8-15-9)12-16-13(18-17-12)19-5-3-10(4-6-19)7-14-2/h8,10,14H,3-7H2,1-2H3,(H,16,17,18). The molecule has 0 spiro atoms. The highest BCUT2D eigenvalue weighted by atomic mass is 32.1. The molecule has 6 nitrogen and oxygen atoms in total. The van der Waals surface area contributed by atoms with Gasteiger partial charge in [-0.1, -0.05) is 0 Å². The third-order valence-electron chi connectivity index (χ3n) is 3.82. The van der Waals surface area contributed by atoms with Gasteiger partial charge in [-0.05, 0) is 39.3 Å². The fraction of sp³-hybridized carbons (Fsp3) is 0.615. The highest BCUT2D eigenvalue weighted by Gasteiger charge is 2.22. The summed E-state index contributed by atoms with van der Waals surface area (Å²) in [7, 11) is 2.02. The first-order valence-electron chi connectivity index (χ1n) is 7.00. The van der Waals surface area contributed by atoms with Crippen LogP contribution in [-0.2, 0) is 0 Å². The van der Waals surface area contributed by atoms with Gasteiger partial charge < -0.3 is 10.2 Å². The van der Waals surface area contributed by atoms with Gasteiger partial charge in [0.05, 0.1) is 16.1 Å². The Labute approximate surface area is 122 Å². The quantitative estimate of drug-likeness (QED) is 0.897. The van der Waals surface area contributed by atoms with Gasteiger partial charge in [0.15, 0.2) is 5.82 Å². The summed E-state index contributed by atoms with van der Waals surface area (Å²) in [6, 6.07) is 0. The Hall–Kier alpha value is -1.47. The van der Waals surface area contributed by atoms with Crippen LogP contribution < -0.4 is 10.2 Å². The van der Waals surface area contributed by atoms with E-state index >= 15 is 0 Å². The Kier molecular flexibility index (Phi) is 3.98. The van der Waals surface area contributed by atoms with Crippen molar-refractivity contribution in [1.29, 1.82) is 0 Å². The first kappa shape index (κ1) is 13.5. The SMILES string of the molecule is CNCC1CCN(c2n[nH]c(-c3scnc3C)n2)CC1. The van der Waals surface area contributed by atoms with E-state index in [1.54, 1.807) is 11.3 Å². The molecule has 1 aliphatic rings. The molecule has 2 aromatic heterocycles. The zero-order valence-corrected chi connectivity index (χ0v) is 12.7. The highest BCUT2D eigenvalue weighted by molar-refractivity contribution is 7.13. The van der Waals surface area contributed by atoms with Crippen LogP contribution in [0.4, 0.5) is 5.95 Å². The summed E-state index contributed by atoms with van der Waals surface area (Å²) in [4.78, 5) is 12.2. The molecule has 108 valence electrons. The van der Waals surface area contributed by atoms with Crippen LogP contribution in [-0.4, -0.2) is 46.8 Å². The second kappa shape index (κ2) is 5.88. The maximum Gasteiger partial charge on any atom is 0.245 e. The summed E-state index contributed by atoms with van der Waals surface area (Å²) in [5.41, 5.74) is 2.85. The molecule has 1 fully saturated rings. The third kappa shape index (κ3) is 2.69. The monoisotopic (exact) mass is 292 g/mol. The van der Waals surface area contributed by atoms with E-state index in [1.807, 2.05) is 19.5 Å². The Morgan fingerprint density at radius 3 is 2.90 bits per heavy atom. The van der Waals surface area contributed by atoms with Crippen LogP contribution in [0.15, 0.2) is 5.51 Å². The van der Waals surface area contributed by atoms with E-state index in [9.17, 15) is 0 Å². The number of thiazole rings is 1. The van der Waals surface area contributed by atoms with Gasteiger partial charge in [0.2, 0.25) is 5.95 Å². The van der Waals surface area contributed by atoms with Crippen molar-refractivity contribution in [2.24, 2.45) is 5.92 Å². The number of hydrogen-bond donors (Lipinski definition) is 2. The number of aryl methyl sites for hydroxylation is 1. The normalized spacial score (nSPS) is 16.8. The van der Waals surface area contributed by atoms with Crippen molar-refractivity contribution in [2.45, 2.75) is 19.8 Å². The molecule has 20 heavy (non-hydrogen) atoms. The molecule has 1 saturated heterocycles. The lowest BCUT2D eigenvalue weighted by Gasteiger charge is -2.30. The molecular weight excluding hydrogens is 272 g/mol. The minimum Gasteiger partial charge on any atom is -0.340 e. The van der Waals surface area contributed by atoms with Crippen molar-refractivity contribution >= 4 is 17.3 Å². The predicted molar refractivity (Wildman–Crippen MR) is 81.1 cm³/mol. The van der Waals surface area contributed by atoms with E-state index in [-0.39, 0.29) is 0 Å². The van der Waals surface area contributed by atoms with Crippen molar-refractivity contribution < 1.29 is 0 Å². The molecule has 3 rings (SSSR count). The van der Waals surface area contributed by atoms with Crippen LogP contribution >= 0.6 is 11.3 Å².